The molecule has 2 heterocycles. The number of rotatable bonds is 1. The number of fused-ring (bicyclic) bond motifs is 3. The first-order chi connectivity index (χ1) is 7.81. The monoisotopic (exact) mass is 214 g/mol. The van der Waals surface area contributed by atoms with Crippen LogP contribution in [0.15, 0.2) is 24.3 Å². The van der Waals surface area contributed by atoms with Gasteiger partial charge in [0.05, 0.1) is 0 Å². The molecule has 0 saturated carbocycles. The van der Waals surface area contributed by atoms with E-state index in [1.54, 1.807) is 5.56 Å². The molecule has 0 saturated heterocycles. The zero-order valence-electron chi connectivity index (χ0n) is 9.96. The van der Waals surface area contributed by atoms with E-state index in [0.717, 1.165) is 0 Å². The summed E-state index contributed by atoms with van der Waals surface area (Å²) >= 11 is 0. The number of para-hydroxylation sites is 1. The fraction of sp³-hybridized carbons (Fsp3) is 0.429. The Bertz CT molecular complexity index is 512. The molecule has 0 amide bonds. The maximum absolute atomic E-state index is 3.61. The SMILES string of the molecule is CCC1c2[nH]c3ccccc3c2CCN1C. The molecule has 2 nitrogen and oxygen atoms in total. The van der Waals surface area contributed by atoms with Crippen molar-refractivity contribution in [3.63, 3.8) is 0 Å². The van der Waals surface area contributed by atoms with Crippen molar-refractivity contribution < 1.29 is 0 Å². The Labute approximate surface area is 96.3 Å². The summed E-state index contributed by atoms with van der Waals surface area (Å²) < 4.78 is 0. The standard InChI is InChI=1S/C14H18N2/c1-3-13-14-11(8-9-16(13)2)10-6-4-5-7-12(10)15-14/h4-7,13,15H,3,8-9H2,1-2H3. The summed E-state index contributed by atoms with van der Waals surface area (Å²) in [6.45, 7) is 3.44. The van der Waals surface area contributed by atoms with Gasteiger partial charge in [-0.2, -0.15) is 0 Å². The Kier molecular flexibility index (Phi) is 2.25. The Morgan fingerprint density at radius 1 is 1.38 bits per heavy atom. The highest BCUT2D eigenvalue weighted by Gasteiger charge is 2.26. The number of aromatic nitrogens is 1. The number of aromatic amines is 1. The quantitative estimate of drug-likeness (QED) is 0.772. The molecule has 84 valence electrons. The van der Waals surface area contributed by atoms with Crippen molar-refractivity contribution in [2.45, 2.75) is 25.8 Å². The Hall–Kier alpha value is -1.28. The minimum absolute atomic E-state index is 0.566. The maximum atomic E-state index is 3.61. The van der Waals surface area contributed by atoms with Crippen molar-refractivity contribution in [2.24, 2.45) is 0 Å². The van der Waals surface area contributed by atoms with Gasteiger partial charge in [0.25, 0.3) is 0 Å². The van der Waals surface area contributed by atoms with E-state index in [-0.39, 0.29) is 0 Å². The summed E-state index contributed by atoms with van der Waals surface area (Å²) in [5, 5.41) is 1.42. The molecule has 16 heavy (non-hydrogen) atoms. The van der Waals surface area contributed by atoms with Gasteiger partial charge in [-0.1, -0.05) is 25.1 Å². The van der Waals surface area contributed by atoms with Crippen LogP contribution in [-0.2, 0) is 6.42 Å². The van der Waals surface area contributed by atoms with Crippen LogP contribution in [0, 0.1) is 0 Å². The van der Waals surface area contributed by atoms with E-state index in [9.17, 15) is 0 Å². The van der Waals surface area contributed by atoms with Crippen LogP contribution in [0.2, 0.25) is 0 Å². The van der Waals surface area contributed by atoms with Crippen molar-refractivity contribution in [3.8, 4) is 0 Å². The second-order valence-corrected chi connectivity index (χ2v) is 4.72. The van der Waals surface area contributed by atoms with Crippen molar-refractivity contribution in [3.05, 3.63) is 35.5 Å². The van der Waals surface area contributed by atoms with Gasteiger partial charge in [0.1, 0.15) is 0 Å². The van der Waals surface area contributed by atoms with Gasteiger partial charge < -0.3 is 4.98 Å². The molecule has 1 unspecified atom stereocenters. The normalized spacial score (nSPS) is 21.2. The van der Waals surface area contributed by atoms with Crippen molar-refractivity contribution in [1.29, 1.82) is 0 Å². The predicted octanol–water partition coefficient (Wildman–Crippen LogP) is 3.11. The van der Waals surface area contributed by atoms with E-state index >= 15 is 0 Å². The number of likely N-dealkylation sites (N-methyl/N-ethyl adjacent to an activating group) is 1. The Morgan fingerprint density at radius 2 is 2.19 bits per heavy atom. The van der Waals surface area contributed by atoms with E-state index in [0.29, 0.717) is 6.04 Å². The van der Waals surface area contributed by atoms with Gasteiger partial charge in [-0.05, 0) is 31.5 Å². The van der Waals surface area contributed by atoms with Crippen LogP contribution in [0.4, 0.5) is 0 Å². The van der Waals surface area contributed by atoms with E-state index in [1.807, 2.05) is 0 Å². The summed E-state index contributed by atoms with van der Waals surface area (Å²) in [7, 11) is 2.22. The average molecular weight is 214 g/mol. The Balaban J connectivity index is 2.22. The molecule has 2 aromatic rings. The maximum Gasteiger partial charge on any atom is 0.0496 e. The molecule has 0 aliphatic carbocycles. The van der Waals surface area contributed by atoms with Crippen LogP contribution in [-0.4, -0.2) is 23.5 Å². The third-order valence-corrected chi connectivity index (χ3v) is 3.81. The molecule has 3 rings (SSSR count). The number of hydrogen-bond acceptors (Lipinski definition) is 1. The first-order valence-corrected chi connectivity index (χ1v) is 6.11. The average Bonchev–Trinajstić information content (AvgIpc) is 2.67. The summed E-state index contributed by atoms with van der Waals surface area (Å²) in [6.07, 6.45) is 2.35. The summed E-state index contributed by atoms with van der Waals surface area (Å²) in [4.78, 5) is 6.06. The lowest BCUT2D eigenvalue weighted by molar-refractivity contribution is 0.222. The third-order valence-electron chi connectivity index (χ3n) is 3.81. The number of benzene rings is 1. The number of nitrogens with one attached hydrogen (secondary N) is 1. The van der Waals surface area contributed by atoms with Crippen LogP contribution in [0.25, 0.3) is 10.9 Å². The molecule has 1 N–H and O–H groups in total. The van der Waals surface area contributed by atoms with Gasteiger partial charge in [0, 0.05) is 29.2 Å². The Morgan fingerprint density at radius 3 is 3.00 bits per heavy atom. The summed E-state index contributed by atoms with van der Waals surface area (Å²) in [5.74, 6) is 0. The number of H-pyrrole nitrogens is 1. The van der Waals surface area contributed by atoms with E-state index in [1.165, 1.54) is 36.0 Å². The fourth-order valence-corrected chi connectivity index (χ4v) is 2.95. The van der Waals surface area contributed by atoms with Gasteiger partial charge in [0.15, 0.2) is 0 Å². The van der Waals surface area contributed by atoms with E-state index < -0.39 is 0 Å². The van der Waals surface area contributed by atoms with E-state index in [4.69, 9.17) is 0 Å². The predicted molar refractivity (Wildman–Crippen MR) is 67.7 cm³/mol. The van der Waals surface area contributed by atoms with Crippen LogP contribution >= 0.6 is 0 Å². The van der Waals surface area contributed by atoms with Crippen LogP contribution in [0.5, 0.6) is 0 Å². The van der Waals surface area contributed by atoms with Gasteiger partial charge in [-0.15, -0.1) is 0 Å². The lowest BCUT2D eigenvalue weighted by Gasteiger charge is -2.31. The van der Waals surface area contributed by atoms with Gasteiger partial charge in [0.2, 0.25) is 0 Å². The molecule has 0 fully saturated rings. The van der Waals surface area contributed by atoms with Gasteiger partial charge >= 0.3 is 0 Å². The molecule has 0 spiro atoms. The molecular weight excluding hydrogens is 196 g/mol. The van der Waals surface area contributed by atoms with E-state index in [2.05, 4.69) is 48.1 Å². The molecule has 0 bridgehead atoms. The first kappa shape index (κ1) is 9.91. The zero-order valence-corrected chi connectivity index (χ0v) is 9.96. The minimum atomic E-state index is 0.566. The number of nitrogens with zero attached hydrogens (tertiary/aromatic N) is 1. The fourth-order valence-electron chi connectivity index (χ4n) is 2.95. The highest BCUT2D eigenvalue weighted by Crippen LogP contribution is 2.34. The highest BCUT2D eigenvalue weighted by atomic mass is 15.1. The minimum Gasteiger partial charge on any atom is -0.357 e. The van der Waals surface area contributed by atoms with Gasteiger partial charge in [-0.25, -0.2) is 0 Å². The summed E-state index contributed by atoms with van der Waals surface area (Å²) in [6, 6.07) is 9.23. The van der Waals surface area contributed by atoms with Crippen molar-refractivity contribution in [2.75, 3.05) is 13.6 Å². The van der Waals surface area contributed by atoms with Crippen molar-refractivity contribution in [1.82, 2.24) is 9.88 Å². The highest BCUT2D eigenvalue weighted by molar-refractivity contribution is 5.85. The smallest absolute Gasteiger partial charge is 0.0496 e. The molecule has 1 aliphatic heterocycles. The molecule has 1 atom stereocenters. The zero-order chi connectivity index (χ0) is 11.1. The lowest BCUT2D eigenvalue weighted by Crippen LogP contribution is -2.31. The van der Waals surface area contributed by atoms with Crippen LogP contribution in [0.1, 0.15) is 30.6 Å². The lowest BCUT2D eigenvalue weighted by atomic mass is 9.96. The molecule has 0 radical (unpaired) electrons. The van der Waals surface area contributed by atoms with Crippen molar-refractivity contribution >= 4 is 10.9 Å². The van der Waals surface area contributed by atoms with Gasteiger partial charge in [-0.3, -0.25) is 4.90 Å². The molecule has 1 aliphatic rings. The van der Waals surface area contributed by atoms with Crippen LogP contribution in [0.3, 0.4) is 0 Å². The summed E-state index contributed by atoms with van der Waals surface area (Å²) in [5.41, 5.74) is 4.28. The molecule has 2 heteroatoms. The first-order valence-electron chi connectivity index (χ1n) is 6.11. The second kappa shape index (κ2) is 3.63. The molecule has 1 aromatic heterocycles. The second-order valence-electron chi connectivity index (χ2n) is 4.72. The number of hydrogen-bond donors (Lipinski definition) is 1. The topological polar surface area (TPSA) is 19.0 Å². The molecular formula is C14H18N2. The largest absolute Gasteiger partial charge is 0.357 e. The third kappa shape index (κ3) is 1.30. The van der Waals surface area contributed by atoms with Crippen LogP contribution < -0.4 is 0 Å². The molecule has 1 aromatic carbocycles.